The van der Waals surface area contributed by atoms with Gasteiger partial charge in [0.1, 0.15) is 0 Å². The number of halogens is 2. The standard InChI is InChI=1S/2C10H9.2C5H5.2C3H6.2ClH.2Ti/c2*1-8-6-7-9-4-2-3-5-10(8)9;2*1-2-4-5-3-1;2*1-3-2;;;;/h2*2-7H,1H3;2*1-3H,4H2;2*1-2H3;2*1H;;/q4*-1;;;;;2*+2/p-2. The molecule has 0 amide bonds. The molecule has 0 nitrogen and oxygen atoms in total. The van der Waals surface area contributed by atoms with E-state index in [2.05, 4.69) is 179 Å². The molecule has 0 fully saturated rings. The third kappa shape index (κ3) is 19.4. The van der Waals surface area contributed by atoms with Crippen LogP contribution in [0.2, 0.25) is 0 Å². The Balaban J connectivity index is 0. The summed E-state index contributed by atoms with van der Waals surface area (Å²) in [6, 6.07) is 25.5. The van der Waals surface area contributed by atoms with Crippen LogP contribution in [0.15, 0.2) is 109 Å². The predicted molar refractivity (Wildman–Crippen MR) is 164 cm³/mol. The molecule has 0 aromatic heterocycles. The van der Waals surface area contributed by atoms with E-state index in [1.54, 1.807) is 0 Å². The molecule has 0 saturated carbocycles. The van der Waals surface area contributed by atoms with Gasteiger partial charge in [-0.25, -0.2) is 24.3 Å². The fourth-order valence-corrected chi connectivity index (χ4v) is 3.29. The molecule has 6 rings (SSSR count). The number of hydrogen-bond acceptors (Lipinski definition) is 0. The van der Waals surface area contributed by atoms with Crippen LogP contribution in [0.1, 0.15) is 51.7 Å². The smallest absolute Gasteiger partial charge is 0.0809 e. The van der Waals surface area contributed by atoms with Gasteiger partial charge < -0.3 is 24.8 Å². The maximum Gasteiger partial charge on any atom is -0.0809 e. The largest absolute Gasteiger partial charge is 1.00 e. The van der Waals surface area contributed by atoms with Gasteiger partial charge in [-0.3, -0.25) is 12.2 Å². The summed E-state index contributed by atoms with van der Waals surface area (Å²) in [4.78, 5) is 0. The third-order valence-corrected chi connectivity index (χ3v) is 4.97. The van der Waals surface area contributed by atoms with Gasteiger partial charge in [0.2, 0.25) is 0 Å². The molecule has 40 heavy (non-hydrogen) atoms. The van der Waals surface area contributed by atoms with Crippen LogP contribution in [0.5, 0.6) is 0 Å². The van der Waals surface area contributed by atoms with E-state index in [0.717, 1.165) is 12.8 Å². The molecule has 0 aliphatic heterocycles. The van der Waals surface area contributed by atoms with Crippen LogP contribution in [0.3, 0.4) is 0 Å². The average Bonchev–Trinajstić information content (AvgIpc) is 3.70. The van der Waals surface area contributed by atoms with Crippen molar-refractivity contribution in [3.8, 4) is 0 Å². The van der Waals surface area contributed by atoms with Crippen molar-refractivity contribution in [3.63, 3.8) is 0 Å². The quantitative estimate of drug-likeness (QED) is 0.203. The average molecular weight is 639 g/mol. The van der Waals surface area contributed by atoms with Gasteiger partial charge in [-0.15, -0.1) is 82.9 Å². The molecule has 4 heteroatoms. The molecule has 0 bridgehead atoms. The van der Waals surface area contributed by atoms with Gasteiger partial charge in [-0.1, -0.05) is 26.0 Å². The van der Waals surface area contributed by atoms with Crippen molar-refractivity contribution >= 4 is 29.2 Å². The second-order valence-corrected chi connectivity index (χ2v) is 12.3. The number of allylic oxidation sites excluding steroid dienone is 8. The van der Waals surface area contributed by atoms with Crippen molar-refractivity contribution in [2.45, 2.75) is 54.4 Å². The summed E-state index contributed by atoms with van der Waals surface area (Å²) in [7, 11) is 0. The molecule has 0 spiro atoms. The summed E-state index contributed by atoms with van der Waals surface area (Å²) in [6.45, 7) is 12.6. The molecule has 4 aromatic rings. The van der Waals surface area contributed by atoms with Crippen LogP contribution in [0.4, 0.5) is 0 Å². The van der Waals surface area contributed by atoms with Crippen LogP contribution in [-0.4, -0.2) is 7.62 Å². The normalized spacial score (nSPS) is 11.1. The van der Waals surface area contributed by atoms with Crippen LogP contribution in [-0.2, 0) is 39.9 Å². The Labute approximate surface area is 278 Å². The predicted octanol–water partition coefficient (Wildman–Crippen LogP) is 3.84. The van der Waals surface area contributed by atoms with E-state index in [-0.39, 0.29) is 24.8 Å². The molecule has 2 aliphatic rings. The molecule has 0 heterocycles. The Kier molecular flexibility index (Phi) is 25.4. The first-order valence-electron chi connectivity index (χ1n) is 12.9. The van der Waals surface area contributed by atoms with E-state index in [0.29, 0.717) is 0 Å². The topological polar surface area (TPSA) is 0 Å². The maximum atomic E-state index is 2.99. The molecule has 2 aliphatic carbocycles. The maximum absolute atomic E-state index is 2.99. The molecule has 0 radical (unpaired) electrons. The summed E-state index contributed by atoms with van der Waals surface area (Å²) in [5.41, 5.74) is 2.74. The number of fused-ring (bicyclic) bond motifs is 2. The molecule has 0 atom stereocenters. The van der Waals surface area contributed by atoms with Crippen LogP contribution in [0.25, 0.3) is 21.5 Å². The zero-order valence-electron chi connectivity index (χ0n) is 24.6. The summed E-state index contributed by atoms with van der Waals surface area (Å²) >= 11 is 4.17. The van der Waals surface area contributed by atoms with Gasteiger partial charge >= 0.3 is 75.3 Å². The molecule has 0 saturated heterocycles. The Hall–Kier alpha value is -1.63. The first kappa shape index (κ1) is 40.5. The number of rotatable bonds is 0. The van der Waals surface area contributed by atoms with E-state index in [4.69, 9.17) is 0 Å². The summed E-state index contributed by atoms with van der Waals surface area (Å²) in [6.07, 6.45) is 20.0. The van der Waals surface area contributed by atoms with Crippen LogP contribution < -0.4 is 24.8 Å². The molecular weight excluding hydrogens is 599 g/mol. The van der Waals surface area contributed by atoms with Crippen LogP contribution in [0, 0.1) is 26.0 Å². The van der Waals surface area contributed by atoms with E-state index >= 15 is 0 Å². The Morgan fingerprint density at radius 1 is 0.625 bits per heavy atom. The Morgan fingerprint density at radius 3 is 1.18 bits per heavy atom. The van der Waals surface area contributed by atoms with E-state index < -0.39 is 0 Å². The van der Waals surface area contributed by atoms with E-state index in [1.807, 2.05) is 24.3 Å². The molecule has 0 unspecified atom stereocenters. The van der Waals surface area contributed by atoms with Crippen molar-refractivity contribution in [2.75, 3.05) is 0 Å². The first-order chi connectivity index (χ1) is 18.2. The monoisotopic (exact) mass is 638 g/mol. The Bertz CT molecular complexity index is 1230. The Morgan fingerprint density at radius 2 is 0.950 bits per heavy atom. The molecule has 0 N–H and O–H groups in total. The zero-order chi connectivity index (χ0) is 28.2. The van der Waals surface area contributed by atoms with Crippen LogP contribution >= 0.6 is 0 Å². The van der Waals surface area contributed by atoms with E-state index in [9.17, 15) is 0 Å². The van der Waals surface area contributed by atoms with Gasteiger partial charge in [-0.2, -0.15) is 35.4 Å². The second kappa shape index (κ2) is 25.1. The van der Waals surface area contributed by atoms with Crippen molar-refractivity contribution in [2.24, 2.45) is 0 Å². The van der Waals surface area contributed by atoms with Crippen molar-refractivity contribution in [1.29, 1.82) is 0 Å². The van der Waals surface area contributed by atoms with E-state index in [1.165, 1.54) is 40.3 Å². The minimum Gasteiger partial charge on any atom is -1.00 e. The minimum atomic E-state index is 0. The van der Waals surface area contributed by atoms with Crippen molar-refractivity contribution < 1.29 is 64.8 Å². The van der Waals surface area contributed by atoms with Gasteiger partial charge in [0.25, 0.3) is 0 Å². The fourth-order valence-electron chi connectivity index (χ4n) is 3.29. The second-order valence-electron chi connectivity index (χ2n) is 9.21. The van der Waals surface area contributed by atoms with Gasteiger partial charge in [0, 0.05) is 0 Å². The van der Waals surface area contributed by atoms with Gasteiger partial charge in [-0.05, 0) is 0 Å². The molecular formula is C36H40Cl2Ti2-2. The summed E-state index contributed by atoms with van der Waals surface area (Å²) in [5, 5.41) is 5.45. The first-order valence-corrected chi connectivity index (χ1v) is 14.5. The van der Waals surface area contributed by atoms with Crippen molar-refractivity contribution in [3.05, 3.63) is 133 Å². The van der Waals surface area contributed by atoms with Gasteiger partial charge in [0.05, 0.1) is 0 Å². The third-order valence-electron chi connectivity index (χ3n) is 4.97. The number of benzene rings is 2. The fraction of sp³-hybridized carbons (Fsp3) is 0.222. The van der Waals surface area contributed by atoms with Crippen molar-refractivity contribution in [1.82, 2.24) is 0 Å². The SMILES string of the molecule is C[C](C)=[Ti+2].C[C](C)=[Ti+2].Cc1c[cH-]c2ccccc12.Cc1c[cH-]c2ccccc12.[C-]1=CC=CC1.[C-]1=CC=CC1.[Cl-].[Cl-]. The van der Waals surface area contributed by atoms with Gasteiger partial charge in [0.15, 0.2) is 0 Å². The summed E-state index contributed by atoms with van der Waals surface area (Å²) in [5.74, 6) is 0. The molecule has 208 valence electrons. The summed E-state index contributed by atoms with van der Waals surface area (Å²) < 4.78 is 2.83. The molecule has 4 aromatic carbocycles. The number of hydrogen-bond donors (Lipinski definition) is 0. The minimum absolute atomic E-state index is 0. The zero-order valence-corrected chi connectivity index (χ0v) is 29.2. The number of aryl methyl sites for hydroxylation is 2.